The minimum Gasteiger partial charge on any atom is -0.399 e. The van der Waals surface area contributed by atoms with Crippen molar-refractivity contribution in [2.75, 3.05) is 5.73 Å². The van der Waals surface area contributed by atoms with Crippen LogP contribution in [0.2, 0.25) is 0 Å². The highest BCUT2D eigenvalue weighted by molar-refractivity contribution is 7.17. The maximum atomic E-state index is 7.14. The molecule has 0 radical (unpaired) electrons. The summed E-state index contributed by atoms with van der Waals surface area (Å²) in [7, 11) is 0. The third kappa shape index (κ3) is 1.60. The molecule has 0 saturated heterocycles. The van der Waals surface area contributed by atoms with Crippen LogP contribution in [0.15, 0.2) is 30.3 Å². The molecule has 0 bridgehead atoms. The lowest BCUT2D eigenvalue weighted by molar-refractivity contribution is 1.59. The van der Waals surface area contributed by atoms with Gasteiger partial charge in [0.05, 0.1) is 11.6 Å². The zero-order valence-electron chi connectivity index (χ0n) is 8.32. The van der Waals surface area contributed by atoms with Gasteiger partial charge in [0.25, 0.3) is 0 Å². The van der Waals surface area contributed by atoms with Crippen LogP contribution in [0, 0.1) is 13.5 Å². The zero-order valence-corrected chi connectivity index (χ0v) is 9.14. The number of hydrogen-bond acceptors (Lipinski definition) is 2. The molecule has 0 unspecified atom stereocenters. The van der Waals surface area contributed by atoms with Crippen LogP contribution < -0.4 is 5.73 Å². The molecule has 0 aliphatic carbocycles. The Kier molecular flexibility index (Phi) is 2.44. The van der Waals surface area contributed by atoms with E-state index < -0.39 is 0 Å². The summed E-state index contributed by atoms with van der Waals surface area (Å²) in [5.74, 6) is 0. The SMILES string of the molecule is [C-]#[N+]c1c(N)sc(C)c1-c1ccccc1. The topological polar surface area (TPSA) is 30.4 Å². The number of hydrogen-bond donors (Lipinski definition) is 1. The van der Waals surface area contributed by atoms with Crippen LogP contribution in [-0.2, 0) is 0 Å². The van der Waals surface area contributed by atoms with Gasteiger partial charge >= 0.3 is 0 Å². The van der Waals surface area contributed by atoms with E-state index in [4.69, 9.17) is 12.3 Å². The first kappa shape index (κ1) is 9.75. The number of rotatable bonds is 1. The Morgan fingerprint density at radius 1 is 1.27 bits per heavy atom. The van der Waals surface area contributed by atoms with E-state index in [9.17, 15) is 0 Å². The molecule has 0 saturated carbocycles. The Bertz CT molecular complexity index is 521. The number of nitrogen functional groups attached to an aromatic ring is 1. The van der Waals surface area contributed by atoms with E-state index in [1.807, 2.05) is 37.3 Å². The molecule has 0 fully saturated rings. The van der Waals surface area contributed by atoms with Crippen LogP contribution in [0.5, 0.6) is 0 Å². The molecule has 0 aliphatic rings. The fourth-order valence-electron chi connectivity index (χ4n) is 1.61. The van der Waals surface area contributed by atoms with E-state index in [-0.39, 0.29) is 0 Å². The highest BCUT2D eigenvalue weighted by atomic mass is 32.1. The first-order valence-electron chi connectivity index (χ1n) is 4.55. The van der Waals surface area contributed by atoms with Gasteiger partial charge in [-0.25, -0.2) is 4.85 Å². The molecule has 0 atom stereocenters. The second-order valence-corrected chi connectivity index (χ2v) is 4.48. The molecule has 0 spiro atoms. The molecule has 0 aliphatic heterocycles. The first-order chi connectivity index (χ1) is 7.24. The molecule has 2 aromatic rings. The summed E-state index contributed by atoms with van der Waals surface area (Å²) in [6, 6.07) is 9.91. The molecule has 2 N–H and O–H groups in total. The van der Waals surface area contributed by atoms with Crippen molar-refractivity contribution in [3.05, 3.63) is 46.6 Å². The van der Waals surface area contributed by atoms with Gasteiger partial charge in [0.1, 0.15) is 0 Å². The van der Waals surface area contributed by atoms with Crippen LogP contribution >= 0.6 is 11.3 Å². The fraction of sp³-hybridized carbons (Fsp3) is 0.0833. The predicted octanol–water partition coefficient (Wildman–Crippen LogP) is 3.86. The van der Waals surface area contributed by atoms with Gasteiger partial charge in [0.2, 0.25) is 5.69 Å². The van der Waals surface area contributed by atoms with Crippen molar-refractivity contribution in [3.63, 3.8) is 0 Å². The summed E-state index contributed by atoms with van der Waals surface area (Å²) in [5, 5.41) is 0.612. The average Bonchev–Trinajstić information content (AvgIpc) is 2.54. The quantitative estimate of drug-likeness (QED) is 0.718. The van der Waals surface area contributed by atoms with E-state index in [1.165, 1.54) is 11.3 Å². The van der Waals surface area contributed by atoms with Gasteiger partial charge in [-0.1, -0.05) is 30.3 Å². The number of nitrogens with two attached hydrogens (primary N) is 1. The lowest BCUT2D eigenvalue weighted by Crippen LogP contribution is -1.78. The third-order valence-electron chi connectivity index (χ3n) is 2.26. The van der Waals surface area contributed by atoms with Crippen molar-refractivity contribution in [3.8, 4) is 11.1 Å². The maximum Gasteiger partial charge on any atom is 0.228 e. The monoisotopic (exact) mass is 214 g/mol. The molecule has 2 nitrogen and oxygen atoms in total. The van der Waals surface area contributed by atoms with Crippen molar-refractivity contribution in [2.24, 2.45) is 0 Å². The molecule has 0 amide bonds. The zero-order chi connectivity index (χ0) is 10.8. The number of aryl methyl sites for hydroxylation is 1. The van der Waals surface area contributed by atoms with Gasteiger partial charge in [-0.05, 0) is 17.4 Å². The highest BCUT2D eigenvalue weighted by Crippen LogP contribution is 2.44. The normalized spacial score (nSPS) is 9.87. The van der Waals surface area contributed by atoms with Gasteiger partial charge in [-0.15, -0.1) is 11.3 Å². The van der Waals surface area contributed by atoms with Crippen LogP contribution in [0.4, 0.5) is 10.7 Å². The number of benzene rings is 1. The molecule has 2 rings (SSSR count). The summed E-state index contributed by atoms with van der Waals surface area (Å²) in [6.07, 6.45) is 0. The van der Waals surface area contributed by atoms with Gasteiger partial charge in [-0.2, -0.15) is 0 Å². The maximum absolute atomic E-state index is 7.14. The van der Waals surface area contributed by atoms with Gasteiger partial charge in [-0.3, -0.25) is 0 Å². The van der Waals surface area contributed by atoms with Crippen molar-refractivity contribution in [1.29, 1.82) is 0 Å². The highest BCUT2D eigenvalue weighted by Gasteiger charge is 2.14. The van der Waals surface area contributed by atoms with Crippen LogP contribution in [-0.4, -0.2) is 0 Å². The summed E-state index contributed by atoms with van der Waals surface area (Å²) in [4.78, 5) is 4.60. The largest absolute Gasteiger partial charge is 0.399 e. The fourth-order valence-corrected chi connectivity index (χ4v) is 2.50. The molecule has 3 heteroatoms. The van der Waals surface area contributed by atoms with E-state index in [0.29, 0.717) is 10.7 Å². The lowest BCUT2D eigenvalue weighted by Gasteiger charge is -2.00. The van der Waals surface area contributed by atoms with E-state index in [2.05, 4.69) is 4.85 Å². The van der Waals surface area contributed by atoms with E-state index in [0.717, 1.165) is 16.0 Å². The standard InChI is InChI=1S/C12H10N2S/c1-8-10(9-6-4-3-5-7-9)11(14-2)12(13)15-8/h3-7H,13H2,1H3. The summed E-state index contributed by atoms with van der Waals surface area (Å²) in [5.41, 5.74) is 8.43. The third-order valence-corrected chi connectivity index (χ3v) is 3.18. The molecule has 74 valence electrons. The Balaban J connectivity index is 2.69. The van der Waals surface area contributed by atoms with Gasteiger partial charge in [0.15, 0.2) is 0 Å². The van der Waals surface area contributed by atoms with Crippen molar-refractivity contribution >= 4 is 22.0 Å². The molecule has 1 aromatic carbocycles. The molecule has 1 aromatic heterocycles. The molecular formula is C12H10N2S. The number of anilines is 1. The summed E-state index contributed by atoms with van der Waals surface area (Å²) in [6.45, 7) is 9.14. The number of thiophene rings is 1. The second kappa shape index (κ2) is 3.76. The Morgan fingerprint density at radius 3 is 2.53 bits per heavy atom. The number of nitrogens with zero attached hydrogens (tertiary/aromatic N) is 1. The van der Waals surface area contributed by atoms with E-state index >= 15 is 0 Å². The van der Waals surface area contributed by atoms with Gasteiger partial charge in [0, 0.05) is 5.56 Å². The first-order valence-corrected chi connectivity index (χ1v) is 5.37. The van der Waals surface area contributed by atoms with Crippen molar-refractivity contribution < 1.29 is 0 Å². The Morgan fingerprint density at radius 2 is 1.93 bits per heavy atom. The smallest absolute Gasteiger partial charge is 0.228 e. The van der Waals surface area contributed by atoms with Crippen molar-refractivity contribution in [2.45, 2.75) is 6.92 Å². The average molecular weight is 214 g/mol. The van der Waals surface area contributed by atoms with Gasteiger partial charge < -0.3 is 5.73 Å². The molecule has 15 heavy (non-hydrogen) atoms. The van der Waals surface area contributed by atoms with E-state index in [1.54, 1.807) is 0 Å². The van der Waals surface area contributed by atoms with Crippen molar-refractivity contribution in [1.82, 2.24) is 0 Å². The molecular weight excluding hydrogens is 204 g/mol. The van der Waals surface area contributed by atoms with Crippen LogP contribution in [0.3, 0.4) is 0 Å². The summed E-state index contributed by atoms with van der Waals surface area (Å²) < 4.78 is 0. The second-order valence-electron chi connectivity index (χ2n) is 3.22. The Labute approximate surface area is 92.8 Å². The molecule has 1 heterocycles. The minimum atomic E-state index is 0.587. The summed E-state index contributed by atoms with van der Waals surface area (Å²) >= 11 is 1.48. The lowest BCUT2D eigenvalue weighted by atomic mass is 10.1. The minimum absolute atomic E-state index is 0.587. The van der Waals surface area contributed by atoms with Crippen LogP contribution in [0.1, 0.15) is 4.88 Å². The predicted molar refractivity (Wildman–Crippen MR) is 65.2 cm³/mol. The Hall–Kier alpha value is -1.79. The van der Waals surface area contributed by atoms with Crippen LogP contribution in [0.25, 0.3) is 16.0 Å².